The van der Waals surface area contributed by atoms with Gasteiger partial charge in [-0.15, -0.1) is 0 Å². The molecule has 1 aromatic carbocycles. The fraction of sp³-hybridized carbons (Fsp3) is 0.462. The predicted octanol–water partition coefficient (Wildman–Crippen LogP) is 2.83. The van der Waals surface area contributed by atoms with Gasteiger partial charge in [-0.3, -0.25) is 4.79 Å². The standard InChI is InChI=1S/C13H19NO2/c1-4-13(16-11(3)15)10(2)14-12-8-6-5-7-9-12/h5-10,13-14H,4H2,1-3H3. The van der Waals surface area contributed by atoms with E-state index in [9.17, 15) is 4.79 Å². The van der Waals surface area contributed by atoms with Gasteiger partial charge >= 0.3 is 5.97 Å². The second-order valence-corrected chi connectivity index (χ2v) is 3.86. The quantitative estimate of drug-likeness (QED) is 0.777. The van der Waals surface area contributed by atoms with Gasteiger partial charge in [0.05, 0.1) is 6.04 Å². The van der Waals surface area contributed by atoms with E-state index >= 15 is 0 Å². The minimum atomic E-state index is -0.228. The van der Waals surface area contributed by atoms with Gasteiger partial charge in [0, 0.05) is 12.6 Å². The molecule has 0 aliphatic heterocycles. The minimum absolute atomic E-state index is 0.0855. The highest BCUT2D eigenvalue weighted by molar-refractivity contribution is 5.66. The Morgan fingerprint density at radius 1 is 1.38 bits per heavy atom. The smallest absolute Gasteiger partial charge is 0.302 e. The van der Waals surface area contributed by atoms with Crippen LogP contribution < -0.4 is 5.32 Å². The number of hydrogen-bond acceptors (Lipinski definition) is 3. The molecular weight excluding hydrogens is 202 g/mol. The lowest BCUT2D eigenvalue weighted by Crippen LogP contribution is -2.33. The molecule has 0 heterocycles. The molecule has 3 heteroatoms. The van der Waals surface area contributed by atoms with E-state index in [0.717, 1.165) is 12.1 Å². The van der Waals surface area contributed by atoms with Gasteiger partial charge in [0.2, 0.25) is 0 Å². The van der Waals surface area contributed by atoms with Crippen molar-refractivity contribution in [3.05, 3.63) is 30.3 Å². The monoisotopic (exact) mass is 221 g/mol. The molecular formula is C13H19NO2. The van der Waals surface area contributed by atoms with E-state index in [1.54, 1.807) is 0 Å². The number of rotatable bonds is 5. The second kappa shape index (κ2) is 6.16. The third kappa shape index (κ3) is 3.93. The molecule has 2 atom stereocenters. The van der Waals surface area contributed by atoms with Gasteiger partial charge in [-0.1, -0.05) is 25.1 Å². The van der Waals surface area contributed by atoms with Gasteiger partial charge in [-0.05, 0) is 25.5 Å². The SMILES string of the molecule is CCC(OC(C)=O)C(C)Nc1ccccc1. The molecule has 1 rings (SSSR count). The van der Waals surface area contributed by atoms with Crippen LogP contribution in [0.3, 0.4) is 0 Å². The molecule has 0 amide bonds. The maximum Gasteiger partial charge on any atom is 0.302 e. The van der Waals surface area contributed by atoms with Gasteiger partial charge in [0.25, 0.3) is 0 Å². The highest BCUT2D eigenvalue weighted by Crippen LogP contribution is 2.12. The highest BCUT2D eigenvalue weighted by atomic mass is 16.5. The average molecular weight is 221 g/mol. The zero-order valence-electron chi connectivity index (χ0n) is 10.1. The van der Waals surface area contributed by atoms with Crippen LogP contribution in [0.25, 0.3) is 0 Å². The van der Waals surface area contributed by atoms with Gasteiger partial charge in [-0.25, -0.2) is 0 Å². The molecule has 3 nitrogen and oxygen atoms in total. The molecule has 0 spiro atoms. The molecule has 16 heavy (non-hydrogen) atoms. The van der Waals surface area contributed by atoms with Crippen molar-refractivity contribution in [3.8, 4) is 0 Å². The fourth-order valence-electron chi connectivity index (χ4n) is 1.64. The van der Waals surface area contributed by atoms with E-state index in [4.69, 9.17) is 4.74 Å². The first-order valence-electron chi connectivity index (χ1n) is 5.62. The first kappa shape index (κ1) is 12.6. The Bertz CT molecular complexity index is 324. The molecule has 2 unspecified atom stereocenters. The van der Waals surface area contributed by atoms with Crippen LogP contribution >= 0.6 is 0 Å². The number of carbonyl (C=O) groups is 1. The second-order valence-electron chi connectivity index (χ2n) is 3.86. The van der Waals surface area contributed by atoms with Gasteiger partial charge in [-0.2, -0.15) is 0 Å². The molecule has 0 saturated carbocycles. The zero-order chi connectivity index (χ0) is 12.0. The summed E-state index contributed by atoms with van der Waals surface area (Å²) in [6, 6.07) is 10.0. The zero-order valence-corrected chi connectivity index (χ0v) is 10.1. The van der Waals surface area contributed by atoms with E-state index < -0.39 is 0 Å². The van der Waals surface area contributed by atoms with E-state index in [2.05, 4.69) is 5.32 Å². The largest absolute Gasteiger partial charge is 0.460 e. The van der Waals surface area contributed by atoms with Crippen molar-refractivity contribution >= 4 is 11.7 Å². The summed E-state index contributed by atoms with van der Waals surface area (Å²) in [7, 11) is 0. The number of ether oxygens (including phenoxy) is 1. The van der Waals surface area contributed by atoms with Crippen molar-refractivity contribution < 1.29 is 9.53 Å². The van der Waals surface area contributed by atoms with Crippen LogP contribution in [0, 0.1) is 0 Å². The van der Waals surface area contributed by atoms with Crippen LogP contribution in [0.4, 0.5) is 5.69 Å². The Balaban J connectivity index is 2.55. The summed E-state index contributed by atoms with van der Waals surface area (Å²) in [6.45, 7) is 5.47. The number of para-hydroxylation sites is 1. The number of benzene rings is 1. The van der Waals surface area contributed by atoms with Crippen molar-refractivity contribution in [1.82, 2.24) is 0 Å². The van der Waals surface area contributed by atoms with Crippen LogP contribution in [0.5, 0.6) is 0 Å². The number of hydrogen-bond donors (Lipinski definition) is 1. The summed E-state index contributed by atoms with van der Waals surface area (Å²) in [4.78, 5) is 10.9. The number of anilines is 1. The summed E-state index contributed by atoms with van der Waals surface area (Å²) >= 11 is 0. The fourth-order valence-corrected chi connectivity index (χ4v) is 1.64. The van der Waals surface area contributed by atoms with Crippen LogP contribution in [0.2, 0.25) is 0 Å². The Kier molecular flexibility index (Phi) is 4.83. The van der Waals surface area contributed by atoms with Gasteiger partial charge < -0.3 is 10.1 Å². The van der Waals surface area contributed by atoms with E-state index in [-0.39, 0.29) is 18.1 Å². The van der Waals surface area contributed by atoms with Gasteiger partial charge in [0.1, 0.15) is 6.10 Å². The predicted molar refractivity (Wildman–Crippen MR) is 65.4 cm³/mol. The third-order valence-corrected chi connectivity index (χ3v) is 2.45. The van der Waals surface area contributed by atoms with Crippen molar-refractivity contribution in [2.75, 3.05) is 5.32 Å². The van der Waals surface area contributed by atoms with E-state index in [0.29, 0.717) is 0 Å². The lowest BCUT2D eigenvalue weighted by molar-refractivity contribution is -0.147. The first-order valence-corrected chi connectivity index (χ1v) is 5.62. The molecule has 1 N–H and O–H groups in total. The summed E-state index contributed by atoms with van der Waals surface area (Å²) in [5.74, 6) is -0.228. The third-order valence-electron chi connectivity index (χ3n) is 2.45. The van der Waals surface area contributed by atoms with Crippen LogP contribution in [-0.4, -0.2) is 18.1 Å². The summed E-state index contributed by atoms with van der Waals surface area (Å²) in [6.07, 6.45) is 0.721. The maximum atomic E-state index is 10.9. The summed E-state index contributed by atoms with van der Waals surface area (Å²) < 4.78 is 5.23. The summed E-state index contributed by atoms with van der Waals surface area (Å²) in [5, 5.41) is 3.32. The normalized spacial score (nSPS) is 13.9. The lowest BCUT2D eigenvalue weighted by Gasteiger charge is -2.24. The summed E-state index contributed by atoms with van der Waals surface area (Å²) in [5.41, 5.74) is 1.04. The topological polar surface area (TPSA) is 38.3 Å². The Morgan fingerprint density at radius 2 is 2.00 bits per heavy atom. The highest BCUT2D eigenvalue weighted by Gasteiger charge is 2.17. The molecule has 0 aromatic heterocycles. The first-order chi connectivity index (χ1) is 7.63. The lowest BCUT2D eigenvalue weighted by atomic mass is 10.1. The molecule has 0 fully saturated rings. The molecule has 0 saturated heterocycles. The minimum Gasteiger partial charge on any atom is -0.460 e. The van der Waals surface area contributed by atoms with Crippen molar-refractivity contribution in [2.45, 2.75) is 39.3 Å². The molecule has 0 bridgehead atoms. The Hall–Kier alpha value is -1.51. The van der Waals surface area contributed by atoms with Crippen LogP contribution in [0.1, 0.15) is 27.2 Å². The Labute approximate surface area is 96.8 Å². The molecule has 1 aromatic rings. The average Bonchev–Trinajstić information content (AvgIpc) is 2.26. The molecule has 0 aliphatic carbocycles. The maximum absolute atomic E-state index is 10.9. The molecule has 0 radical (unpaired) electrons. The van der Waals surface area contributed by atoms with Crippen molar-refractivity contribution in [3.63, 3.8) is 0 Å². The van der Waals surface area contributed by atoms with Crippen LogP contribution in [-0.2, 0) is 9.53 Å². The molecule has 88 valence electrons. The number of esters is 1. The Morgan fingerprint density at radius 3 is 2.50 bits per heavy atom. The van der Waals surface area contributed by atoms with Crippen molar-refractivity contribution in [2.24, 2.45) is 0 Å². The van der Waals surface area contributed by atoms with Crippen LogP contribution in [0.15, 0.2) is 30.3 Å². The number of nitrogens with one attached hydrogen (secondary N) is 1. The molecule has 0 aliphatic rings. The number of carbonyl (C=O) groups excluding carboxylic acids is 1. The van der Waals surface area contributed by atoms with E-state index in [1.807, 2.05) is 44.2 Å². The van der Waals surface area contributed by atoms with E-state index in [1.165, 1.54) is 6.92 Å². The van der Waals surface area contributed by atoms with Crippen molar-refractivity contribution in [1.29, 1.82) is 0 Å². The van der Waals surface area contributed by atoms with Gasteiger partial charge in [0.15, 0.2) is 0 Å².